The zero-order valence-electron chi connectivity index (χ0n) is 15.6. The number of hydrogen-bond donors (Lipinski definition) is 0. The summed E-state index contributed by atoms with van der Waals surface area (Å²) in [6.45, 7) is 7.34. The van der Waals surface area contributed by atoms with E-state index in [1.165, 1.54) is 23.5 Å². The second kappa shape index (κ2) is 7.94. The van der Waals surface area contributed by atoms with Gasteiger partial charge in [0.1, 0.15) is 11.5 Å². The molecule has 1 amide bonds. The van der Waals surface area contributed by atoms with E-state index in [9.17, 15) is 9.18 Å². The van der Waals surface area contributed by atoms with E-state index in [1.807, 2.05) is 29.3 Å². The number of anilines is 1. The summed E-state index contributed by atoms with van der Waals surface area (Å²) >= 11 is 1.53. The highest BCUT2D eigenvalue weighted by Gasteiger charge is 2.31. The van der Waals surface area contributed by atoms with Crippen molar-refractivity contribution in [1.82, 2.24) is 14.8 Å². The van der Waals surface area contributed by atoms with Crippen molar-refractivity contribution in [3.63, 3.8) is 0 Å². The number of aromatic nitrogens is 1. The molecule has 144 valence electrons. The summed E-state index contributed by atoms with van der Waals surface area (Å²) in [6, 6.07) is 7.15. The summed E-state index contributed by atoms with van der Waals surface area (Å²) < 4.78 is 13.1. The van der Waals surface area contributed by atoms with Crippen LogP contribution in [0.4, 0.5) is 10.1 Å². The normalized spacial score (nSPS) is 21.5. The first-order chi connectivity index (χ1) is 13.1. The van der Waals surface area contributed by atoms with Crippen molar-refractivity contribution >= 4 is 22.9 Å². The molecule has 2 saturated heterocycles. The molecule has 1 aromatic heterocycles. The van der Waals surface area contributed by atoms with Gasteiger partial charge in [0, 0.05) is 56.4 Å². The van der Waals surface area contributed by atoms with Crippen LogP contribution in [0.1, 0.15) is 28.3 Å². The maximum absolute atomic E-state index is 13.1. The Balaban J connectivity index is 1.34. The first-order valence-corrected chi connectivity index (χ1v) is 10.4. The number of likely N-dealkylation sites (tertiary alicyclic amines) is 1. The van der Waals surface area contributed by atoms with Crippen LogP contribution in [0.15, 0.2) is 29.6 Å². The van der Waals surface area contributed by atoms with Gasteiger partial charge in [0.2, 0.25) is 0 Å². The molecule has 4 rings (SSSR count). The van der Waals surface area contributed by atoms with Crippen LogP contribution in [0.2, 0.25) is 0 Å². The molecule has 5 nitrogen and oxygen atoms in total. The number of amides is 1. The zero-order chi connectivity index (χ0) is 18.8. The lowest BCUT2D eigenvalue weighted by Gasteiger charge is -2.43. The van der Waals surface area contributed by atoms with Crippen molar-refractivity contribution in [2.24, 2.45) is 0 Å². The first-order valence-electron chi connectivity index (χ1n) is 9.56. The lowest BCUT2D eigenvalue weighted by atomic mass is 10.0. The van der Waals surface area contributed by atoms with Gasteiger partial charge in [-0.2, -0.15) is 0 Å². The molecule has 0 spiro atoms. The van der Waals surface area contributed by atoms with E-state index in [4.69, 9.17) is 0 Å². The molecule has 0 N–H and O–H groups in total. The lowest BCUT2D eigenvalue weighted by molar-refractivity contribution is 0.0559. The van der Waals surface area contributed by atoms with Crippen LogP contribution < -0.4 is 4.90 Å². The van der Waals surface area contributed by atoms with Gasteiger partial charge in [0.25, 0.3) is 5.91 Å². The zero-order valence-corrected chi connectivity index (χ0v) is 16.4. The third-order valence-electron chi connectivity index (χ3n) is 5.54. The van der Waals surface area contributed by atoms with Gasteiger partial charge in [-0.3, -0.25) is 9.69 Å². The van der Waals surface area contributed by atoms with E-state index < -0.39 is 0 Å². The fraction of sp³-hybridized carbons (Fsp3) is 0.500. The van der Waals surface area contributed by atoms with Gasteiger partial charge in [0.05, 0.1) is 5.01 Å². The fourth-order valence-corrected chi connectivity index (χ4v) is 4.64. The molecular formula is C20H25FN4OS. The van der Waals surface area contributed by atoms with Crippen molar-refractivity contribution in [3.8, 4) is 0 Å². The van der Waals surface area contributed by atoms with Crippen molar-refractivity contribution in [2.75, 3.05) is 44.2 Å². The van der Waals surface area contributed by atoms with Crippen LogP contribution in [0, 0.1) is 12.7 Å². The second-order valence-electron chi connectivity index (χ2n) is 7.30. The van der Waals surface area contributed by atoms with Gasteiger partial charge in [-0.25, -0.2) is 9.37 Å². The molecule has 1 aromatic carbocycles. The van der Waals surface area contributed by atoms with Crippen LogP contribution in [-0.2, 0) is 0 Å². The van der Waals surface area contributed by atoms with Crippen molar-refractivity contribution in [2.45, 2.75) is 25.8 Å². The average Bonchev–Trinajstić information content (AvgIpc) is 3.14. The van der Waals surface area contributed by atoms with Gasteiger partial charge < -0.3 is 9.80 Å². The highest BCUT2D eigenvalue weighted by atomic mass is 32.1. The number of rotatable bonds is 3. The minimum atomic E-state index is -0.195. The Hall–Kier alpha value is -1.99. The number of halogens is 1. The number of carbonyl (C=O) groups excluding carboxylic acids is 1. The number of piperazine rings is 1. The molecule has 0 aliphatic carbocycles. The number of benzene rings is 1. The van der Waals surface area contributed by atoms with Gasteiger partial charge in [-0.15, -0.1) is 11.3 Å². The third-order valence-corrected chi connectivity index (χ3v) is 6.32. The maximum atomic E-state index is 13.1. The molecule has 0 radical (unpaired) electrons. The Morgan fingerprint density at radius 1 is 1.15 bits per heavy atom. The second-order valence-corrected chi connectivity index (χ2v) is 8.36. The standard InChI is InChI=1S/C20H25FN4OS/c1-15-22-19(14-27-15)20(26)25-8-2-3-18(13-25)24-11-9-23(10-12-24)17-6-4-16(21)5-7-17/h4-7,14,18H,2-3,8-13H2,1H3/t18-/m0/s1. The van der Waals surface area contributed by atoms with Gasteiger partial charge in [-0.1, -0.05) is 0 Å². The van der Waals surface area contributed by atoms with E-state index in [0.717, 1.165) is 62.8 Å². The predicted molar refractivity (Wildman–Crippen MR) is 106 cm³/mol. The van der Waals surface area contributed by atoms with Crippen molar-refractivity contribution in [3.05, 3.63) is 46.2 Å². The Kier molecular flexibility index (Phi) is 5.41. The van der Waals surface area contributed by atoms with Gasteiger partial charge in [-0.05, 0) is 44.0 Å². The van der Waals surface area contributed by atoms with E-state index in [1.54, 1.807) is 0 Å². The quantitative estimate of drug-likeness (QED) is 0.810. The topological polar surface area (TPSA) is 39.7 Å². The molecule has 1 atom stereocenters. The minimum absolute atomic E-state index is 0.0639. The average molecular weight is 389 g/mol. The summed E-state index contributed by atoms with van der Waals surface area (Å²) in [5.41, 5.74) is 1.66. The molecule has 7 heteroatoms. The van der Waals surface area contributed by atoms with Crippen LogP contribution in [0.5, 0.6) is 0 Å². The number of hydrogen-bond acceptors (Lipinski definition) is 5. The fourth-order valence-electron chi connectivity index (χ4n) is 4.06. The van der Waals surface area contributed by atoms with E-state index in [0.29, 0.717) is 11.7 Å². The highest BCUT2D eigenvalue weighted by molar-refractivity contribution is 7.09. The smallest absolute Gasteiger partial charge is 0.273 e. The summed E-state index contributed by atoms with van der Waals surface area (Å²) in [5, 5.41) is 2.80. The highest BCUT2D eigenvalue weighted by Crippen LogP contribution is 2.22. The summed E-state index contributed by atoms with van der Waals surface area (Å²) in [7, 11) is 0. The largest absolute Gasteiger partial charge is 0.369 e. The lowest BCUT2D eigenvalue weighted by Crippen LogP contribution is -2.55. The van der Waals surface area contributed by atoms with Crippen molar-refractivity contribution < 1.29 is 9.18 Å². The first kappa shape index (κ1) is 18.4. The number of piperidine rings is 1. The predicted octanol–water partition coefficient (Wildman–Crippen LogP) is 3.02. The monoisotopic (exact) mass is 388 g/mol. The SMILES string of the molecule is Cc1nc(C(=O)N2CCC[C@H](N3CCN(c4ccc(F)cc4)CC3)C2)cs1. The van der Waals surface area contributed by atoms with Crippen LogP contribution in [-0.4, -0.2) is 66.0 Å². The van der Waals surface area contributed by atoms with Gasteiger partial charge >= 0.3 is 0 Å². The molecule has 2 fully saturated rings. The van der Waals surface area contributed by atoms with E-state index in [2.05, 4.69) is 14.8 Å². The molecule has 0 unspecified atom stereocenters. The molecule has 0 saturated carbocycles. The Labute approximate surface area is 163 Å². The molecule has 3 heterocycles. The molecular weight excluding hydrogens is 363 g/mol. The minimum Gasteiger partial charge on any atom is -0.369 e. The maximum Gasteiger partial charge on any atom is 0.273 e. The molecule has 27 heavy (non-hydrogen) atoms. The number of carbonyl (C=O) groups is 1. The molecule has 2 aromatic rings. The van der Waals surface area contributed by atoms with E-state index >= 15 is 0 Å². The van der Waals surface area contributed by atoms with Crippen LogP contribution in [0.3, 0.4) is 0 Å². The number of aryl methyl sites for hydroxylation is 1. The summed E-state index contributed by atoms with van der Waals surface area (Å²) in [6.07, 6.45) is 2.17. The summed E-state index contributed by atoms with van der Waals surface area (Å²) in [4.78, 5) is 23.9. The van der Waals surface area contributed by atoms with Crippen LogP contribution in [0.25, 0.3) is 0 Å². The molecule has 2 aliphatic heterocycles. The molecule has 2 aliphatic rings. The number of nitrogens with zero attached hydrogens (tertiary/aromatic N) is 4. The van der Waals surface area contributed by atoms with Crippen molar-refractivity contribution in [1.29, 1.82) is 0 Å². The third kappa shape index (κ3) is 4.14. The Morgan fingerprint density at radius 3 is 2.56 bits per heavy atom. The Bertz CT molecular complexity index is 786. The number of thiazole rings is 1. The van der Waals surface area contributed by atoms with Gasteiger partial charge in [0.15, 0.2) is 0 Å². The molecule has 0 bridgehead atoms. The summed E-state index contributed by atoms with van der Waals surface area (Å²) in [5.74, 6) is -0.131. The Morgan fingerprint density at radius 2 is 1.89 bits per heavy atom. The van der Waals surface area contributed by atoms with Crippen LogP contribution >= 0.6 is 11.3 Å². The van der Waals surface area contributed by atoms with E-state index in [-0.39, 0.29) is 11.7 Å².